The monoisotopic (exact) mass is 514 g/mol. The Bertz CT molecular complexity index is 2450. The summed E-state index contributed by atoms with van der Waals surface area (Å²) < 4.78 is 7.55. The number of nitrogens with zero attached hydrogens (tertiary/aromatic N) is 2. The third-order valence-electron chi connectivity index (χ3n) is 8.11. The highest BCUT2D eigenvalue weighted by Gasteiger charge is 2.16. The molecule has 2 nitrogen and oxygen atoms in total. The van der Waals surface area contributed by atoms with Crippen LogP contribution in [0, 0.1) is 0 Å². The lowest BCUT2D eigenvalue weighted by molar-refractivity contribution is 1.16. The van der Waals surface area contributed by atoms with Gasteiger partial charge < -0.3 is 8.97 Å². The number of benzene rings is 6. The lowest BCUT2D eigenvalue weighted by Crippen LogP contribution is -2.01. The van der Waals surface area contributed by atoms with Gasteiger partial charge in [-0.05, 0) is 42.5 Å². The van der Waals surface area contributed by atoms with E-state index in [4.69, 9.17) is 0 Å². The predicted octanol–water partition coefficient (Wildman–Crippen LogP) is 10.3. The Kier molecular flexibility index (Phi) is 4.24. The number of hydrogen-bond acceptors (Lipinski definition) is 1. The molecule has 3 aromatic heterocycles. The van der Waals surface area contributed by atoms with Gasteiger partial charge in [0.25, 0.3) is 0 Å². The average Bonchev–Trinajstić information content (AvgIpc) is 3.53. The van der Waals surface area contributed by atoms with Gasteiger partial charge in [0, 0.05) is 47.4 Å². The Hall–Kier alpha value is -4.86. The van der Waals surface area contributed by atoms with Crippen LogP contribution in [-0.4, -0.2) is 8.97 Å². The standard InChI is InChI=1S/C36H22N2S/c1-4-15-30-24(10-1)28-13-9-14-29-25-11-2-5-16-31(25)38(36(28)29)33-18-7-6-17-32(33)37(30)23-20-21-27-26-12-3-8-19-34(26)39-35(27)22-23/h1-22H. The van der Waals surface area contributed by atoms with Crippen LogP contribution in [0.5, 0.6) is 0 Å². The molecule has 182 valence electrons. The van der Waals surface area contributed by atoms with Crippen molar-refractivity contribution in [3.63, 3.8) is 0 Å². The van der Waals surface area contributed by atoms with E-state index < -0.39 is 0 Å². The number of rotatable bonds is 1. The number of hydrogen-bond donors (Lipinski definition) is 0. The Morgan fingerprint density at radius 1 is 0.385 bits per heavy atom. The van der Waals surface area contributed by atoms with Crippen molar-refractivity contribution in [2.75, 3.05) is 0 Å². The summed E-state index contributed by atoms with van der Waals surface area (Å²) in [5, 5.41) is 7.69. The van der Waals surface area contributed by atoms with E-state index in [0.717, 1.165) is 0 Å². The molecule has 0 spiro atoms. The van der Waals surface area contributed by atoms with E-state index in [9.17, 15) is 0 Å². The molecule has 6 aromatic carbocycles. The first-order chi connectivity index (χ1) is 19.4. The van der Waals surface area contributed by atoms with Crippen LogP contribution < -0.4 is 0 Å². The van der Waals surface area contributed by atoms with Crippen LogP contribution in [0.4, 0.5) is 0 Å². The van der Waals surface area contributed by atoms with Gasteiger partial charge in [-0.3, -0.25) is 0 Å². The molecular formula is C36H22N2S. The van der Waals surface area contributed by atoms with Crippen LogP contribution in [0.15, 0.2) is 133 Å². The summed E-state index contributed by atoms with van der Waals surface area (Å²) in [6, 6.07) is 48.9. The lowest BCUT2D eigenvalue weighted by Gasteiger charge is -2.17. The Morgan fingerprint density at radius 2 is 0.949 bits per heavy atom. The van der Waals surface area contributed by atoms with E-state index >= 15 is 0 Å². The van der Waals surface area contributed by atoms with Gasteiger partial charge in [-0.25, -0.2) is 0 Å². The quantitative estimate of drug-likeness (QED) is 0.206. The SMILES string of the molecule is c1ccc2c(c1)sc1cc(-n3c4ccccc4c4cccc5c6ccccc6n(c6ccccc63)c45)ccc12. The third-order valence-corrected chi connectivity index (χ3v) is 9.25. The molecule has 9 aromatic rings. The smallest absolute Gasteiger partial charge is 0.0703 e. The molecule has 0 N–H and O–H groups in total. The van der Waals surface area contributed by atoms with Crippen molar-refractivity contribution in [2.45, 2.75) is 0 Å². The van der Waals surface area contributed by atoms with Crippen molar-refractivity contribution >= 4 is 80.6 Å². The van der Waals surface area contributed by atoms with Crippen molar-refractivity contribution in [1.29, 1.82) is 0 Å². The zero-order valence-electron chi connectivity index (χ0n) is 21.0. The van der Waals surface area contributed by atoms with Crippen molar-refractivity contribution < 1.29 is 0 Å². The molecule has 0 saturated heterocycles. The number of thiophene rings is 1. The molecule has 0 amide bonds. The number of aromatic nitrogens is 2. The first-order valence-corrected chi connectivity index (χ1v) is 14.1. The molecule has 0 fully saturated rings. The summed E-state index contributed by atoms with van der Waals surface area (Å²) >= 11 is 1.87. The van der Waals surface area contributed by atoms with Crippen LogP contribution in [0.2, 0.25) is 0 Å². The fourth-order valence-corrected chi connectivity index (χ4v) is 7.63. The maximum atomic E-state index is 2.47. The van der Waals surface area contributed by atoms with E-state index in [-0.39, 0.29) is 0 Å². The van der Waals surface area contributed by atoms with Gasteiger partial charge in [-0.15, -0.1) is 11.3 Å². The second-order valence-electron chi connectivity index (χ2n) is 10.2. The van der Waals surface area contributed by atoms with E-state index in [1.165, 1.54) is 75.0 Å². The van der Waals surface area contributed by atoms with Crippen molar-refractivity contribution in [1.82, 2.24) is 8.97 Å². The Morgan fingerprint density at radius 3 is 1.74 bits per heavy atom. The zero-order valence-corrected chi connectivity index (χ0v) is 21.8. The largest absolute Gasteiger partial charge is 0.308 e. The van der Waals surface area contributed by atoms with Crippen LogP contribution in [0.25, 0.3) is 75.0 Å². The third kappa shape index (κ3) is 2.85. The maximum absolute atomic E-state index is 2.47. The zero-order chi connectivity index (χ0) is 25.5. The highest BCUT2D eigenvalue weighted by molar-refractivity contribution is 7.25. The lowest BCUT2D eigenvalue weighted by atomic mass is 10.1. The van der Waals surface area contributed by atoms with Crippen molar-refractivity contribution in [3.8, 4) is 5.69 Å². The summed E-state index contributed by atoms with van der Waals surface area (Å²) in [6.45, 7) is 0. The topological polar surface area (TPSA) is 9.34 Å². The van der Waals surface area contributed by atoms with Gasteiger partial charge >= 0.3 is 0 Å². The van der Waals surface area contributed by atoms with E-state index in [2.05, 4.69) is 142 Å². The van der Waals surface area contributed by atoms with E-state index in [0.29, 0.717) is 0 Å². The fraction of sp³-hybridized carbons (Fsp3) is 0. The molecule has 0 aliphatic heterocycles. The number of para-hydroxylation sites is 5. The van der Waals surface area contributed by atoms with Crippen molar-refractivity contribution in [2.24, 2.45) is 0 Å². The normalized spacial score (nSPS) is 12.1. The van der Waals surface area contributed by atoms with Crippen LogP contribution >= 0.6 is 11.3 Å². The molecule has 0 radical (unpaired) electrons. The summed E-state index contributed by atoms with van der Waals surface area (Å²) in [5.41, 5.74) is 7.20. The van der Waals surface area contributed by atoms with Gasteiger partial charge in [0.2, 0.25) is 0 Å². The minimum absolute atomic E-state index is 1.17. The average molecular weight is 515 g/mol. The second-order valence-corrected chi connectivity index (χ2v) is 11.3. The molecule has 3 heteroatoms. The number of fused-ring (bicyclic) bond motifs is 10. The van der Waals surface area contributed by atoms with Crippen LogP contribution in [0.3, 0.4) is 0 Å². The second kappa shape index (κ2) is 7.83. The first kappa shape index (κ1) is 21.1. The van der Waals surface area contributed by atoms with Crippen LogP contribution in [0.1, 0.15) is 0 Å². The van der Waals surface area contributed by atoms with Gasteiger partial charge in [-0.2, -0.15) is 0 Å². The summed E-state index contributed by atoms with van der Waals surface area (Å²) in [5.74, 6) is 0. The molecule has 39 heavy (non-hydrogen) atoms. The Labute approximate surface area is 228 Å². The van der Waals surface area contributed by atoms with Gasteiger partial charge in [0.15, 0.2) is 0 Å². The predicted molar refractivity (Wildman–Crippen MR) is 168 cm³/mol. The van der Waals surface area contributed by atoms with Crippen molar-refractivity contribution in [3.05, 3.63) is 133 Å². The molecule has 0 aliphatic carbocycles. The maximum Gasteiger partial charge on any atom is 0.0703 e. The molecule has 0 aliphatic rings. The summed E-state index contributed by atoms with van der Waals surface area (Å²) in [6.07, 6.45) is 0. The van der Waals surface area contributed by atoms with Gasteiger partial charge in [-0.1, -0.05) is 91.0 Å². The van der Waals surface area contributed by atoms with Crippen LogP contribution in [-0.2, 0) is 0 Å². The molecular weight excluding hydrogens is 492 g/mol. The molecule has 0 bridgehead atoms. The van der Waals surface area contributed by atoms with Gasteiger partial charge in [0.05, 0.1) is 27.6 Å². The molecule has 0 unspecified atom stereocenters. The van der Waals surface area contributed by atoms with E-state index in [1.807, 2.05) is 11.3 Å². The summed E-state index contributed by atoms with van der Waals surface area (Å²) in [4.78, 5) is 0. The summed E-state index contributed by atoms with van der Waals surface area (Å²) in [7, 11) is 0. The van der Waals surface area contributed by atoms with E-state index in [1.54, 1.807) is 0 Å². The minimum Gasteiger partial charge on any atom is -0.308 e. The molecule has 0 saturated carbocycles. The highest BCUT2D eigenvalue weighted by Crippen LogP contribution is 2.39. The highest BCUT2D eigenvalue weighted by atomic mass is 32.1. The minimum atomic E-state index is 1.17. The van der Waals surface area contributed by atoms with Gasteiger partial charge in [0.1, 0.15) is 0 Å². The Balaban J connectivity index is 1.57. The molecule has 3 heterocycles. The fourth-order valence-electron chi connectivity index (χ4n) is 6.49. The molecule has 9 rings (SSSR count). The first-order valence-electron chi connectivity index (χ1n) is 13.3. The molecule has 0 atom stereocenters.